The van der Waals surface area contributed by atoms with Gasteiger partial charge in [0.2, 0.25) is 10.0 Å². The zero-order valence-corrected chi connectivity index (χ0v) is 25.4. The van der Waals surface area contributed by atoms with Gasteiger partial charge in [-0.25, -0.2) is 13.1 Å². The number of aryl methyl sites for hydroxylation is 1. The highest BCUT2D eigenvalue weighted by Crippen LogP contribution is 2.65. The summed E-state index contributed by atoms with van der Waals surface area (Å²) in [5, 5.41) is 12.8. The summed E-state index contributed by atoms with van der Waals surface area (Å²) in [6.45, 7) is 4.83. The van der Waals surface area contributed by atoms with E-state index < -0.39 is 39.2 Å². The molecular formula is C34H38N2O6S. The van der Waals surface area contributed by atoms with Crippen LogP contribution in [0.1, 0.15) is 54.0 Å². The number of rotatable bonds is 8. The summed E-state index contributed by atoms with van der Waals surface area (Å²) >= 11 is 0. The number of nitrogens with one attached hydrogen (secondary N) is 1. The molecule has 43 heavy (non-hydrogen) atoms. The topological polar surface area (TPSA) is 105 Å². The number of hydrogen-bond donors (Lipinski definition) is 2. The van der Waals surface area contributed by atoms with Gasteiger partial charge in [-0.3, -0.25) is 9.69 Å². The number of sulfonamides is 1. The fourth-order valence-electron chi connectivity index (χ4n) is 8.41. The molecule has 1 saturated carbocycles. The van der Waals surface area contributed by atoms with Crippen LogP contribution in [0.3, 0.4) is 0 Å². The van der Waals surface area contributed by atoms with Crippen molar-refractivity contribution in [2.45, 2.75) is 80.9 Å². The molecule has 1 saturated heterocycles. The highest BCUT2D eigenvalue weighted by Gasteiger charge is 2.73. The predicted molar refractivity (Wildman–Crippen MR) is 163 cm³/mol. The van der Waals surface area contributed by atoms with E-state index in [1.54, 1.807) is 6.07 Å². The first-order chi connectivity index (χ1) is 20.6. The minimum Gasteiger partial charge on any atom is -0.483 e. The van der Waals surface area contributed by atoms with E-state index in [1.807, 2.05) is 43.3 Å². The van der Waals surface area contributed by atoms with Gasteiger partial charge in [-0.15, -0.1) is 0 Å². The van der Waals surface area contributed by atoms with E-state index in [0.717, 1.165) is 41.8 Å². The standard InChI is InChI=1S/C34H38N2O6S/c1-22-8-6-7-11-26(22)21-43(39,40)35-27-14-16-34(38)29-20-25-12-13-28(41-23(2)37)31-30(25)33(34,32(27)42-31)17-19-36(29)18-15-24-9-4-3-5-10-24/h3-13,27,29,32,35,38H,14-21H2,1-2H3/t27-,29-,32+,33+,34-/m1/s1. The van der Waals surface area contributed by atoms with Crippen molar-refractivity contribution < 1.29 is 27.8 Å². The van der Waals surface area contributed by atoms with Crippen molar-refractivity contribution >= 4 is 16.0 Å². The van der Waals surface area contributed by atoms with Crippen molar-refractivity contribution in [1.82, 2.24) is 9.62 Å². The van der Waals surface area contributed by atoms with Crippen molar-refractivity contribution in [3.05, 3.63) is 94.5 Å². The average Bonchev–Trinajstić information content (AvgIpc) is 3.32. The van der Waals surface area contributed by atoms with Crippen LogP contribution in [0.4, 0.5) is 0 Å². The van der Waals surface area contributed by atoms with Crippen molar-refractivity contribution in [2.75, 3.05) is 13.1 Å². The summed E-state index contributed by atoms with van der Waals surface area (Å²) in [6.07, 6.45) is 2.38. The normalized spacial score (nSPS) is 29.0. The molecule has 8 nitrogen and oxygen atoms in total. The fraction of sp³-hybridized carbons (Fsp3) is 0.441. The lowest BCUT2D eigenvalue weighted by molar-refractivity contribution is -0.189. The van der Waals surface area contributed by atoms with Gasteiger partial charge in [-0.05, 0) is 73.9 Å². The Bertz CT molecular complexity index is 1680. The zero-order chi connectivity index (χ0) is 30.0. The van der Waals surface area contributed by atoms with Crippen LogP contribution in [0.15, 0.2) is 66.7 Å². The summed E-state index contributed by atoms with van der Waals surface area (Å²) in [5.41, 5.74) is 2.93. The molecule has 2 N–H and O–H groups in total. The first kappa shape index (κ1) is 28.5. The molecule has 9 heteroatoms. The number of ether oxygens (including phenoxy) is 2. The Labute approximate surface area is 253 Å². The van der Waals surface area contributed by atoms with Crippen LogP contribution in [0, 0.1) is 6.92 Å². The molecule has 0 radical (unpaired) electrons. The van der Waals surface area contributed by atoms with Crippen molar-refractivity contribution in [3.8, 4) is 11.5 Å². The Balaban J connectivity index is 1.26. The smallest absolute Gasteiger partial charge is 0.308 e. The molecule has 0 aromatic heterocycles. The molecule has 2 heterocycles. The van der Waals surface area contributed by atoms with Gasteiger partial charge in [0.1, 0.15) is 6.10 Å². The monoisotopic (exact) mass is 602 g/mol. The molecule has 2 aliphatic heterocycles. The number of piperidine rings is 1. The Morgan fingerprint density at radius 1 is 1.09 bits per heavy atom. The third kappa shape index (κ3) is 4.60. The van der Waals surface area contributed by atoms with Crippen LogP contribution in [0.2, 0.25) is 0 Å². The van der Waals surface area contributed by atoms with Crippen molar-refractivity contribution in [1.29, 1.82) is 0 Å². The highest BCUT2D eigenvalue weighted by atomic mass is 32.2. The predicted octanol–water partition coefficient (Wildman–Crippen LogP) is 3.81. The van der Waals surface area contributed by atoms with E-state index in [2.05, 4.69) is 33.9 Å². The van der Waals surface area contributed by atoms with Gasteiger partial charge in [-0.1, -0.05) is 60.7 Å². The number of hydrogen-bond acceptors (Lipinski definition) is 7. The molecule has 3 aromatic rings. The van der Waals surface area contributed by atoms with E-state index in [-0.39, 0.29) is 11.8 Å². The minimum absolute atomic E-state index is 0.132. The van der Waals surface area contributed by atoms with Crippen LogP contribution in [-0.4, -0.2) is 61.3 Å². The van der Waals surface area contributed by atoms with Gasteiger partial charge >= 0.3 is 5.97 Å². The van der Waals surface area contributed by atoms with E-state index in [0.29, 0.717) is 37.2 Å². The fourth-order valence-corrected chi connectivity index (χ4v) is 9.93. The second-order valence-electron chi connectivity index (χ2n) is 12.6. The molecule has 7 rings (SSSR count). The molecule has 2 aliphatic carbocycles. The first-order valence-electron chi connectivity index (χ1n) is 15.2. The zero-order valence-electron chi connectivity index (χ0n) is 24.6. The molecule has 2 bridgehead atoms. The van der Waals surface area contributed by atoms with Crippen LogP contribution < -0.4 is 14.2 Å². The van der Waals surface area contributed by atoms with E-state index in [4.69, 9.17) is 9.47 Å². The SMILES string of the molecule is CC(=O)Oc1ccc2c3c1O[C@H]1[C@H](NS(=O)(=O)Cc4ccccc4C)CC[C@@]4(O)[C@@H](C2)N(CCc2ccccc2)CC[C@]314. The summed E-state index contributed by atoms with van der Waals surface area (Å²) < 4.78 is 42.4. The number of benzene rings is 3. The lowest BCUT2D eigenvalue weighted by atomic mass is 9.48. The Morgan fingerprint density at radius 3 is 2.63 bits per heavy atom. The molecule has 226 valence electrons. The molecule has 3 aromatic carbocycles. The third-order valence-electron chi connectivity index (χ3n) is 10.3. The largest absolute Gasteiger partial charge is 0.483 e. The highest BCUT2D eigenvalue weighted by molar-refractivity contribution is 7.88. The van der Waals surface area contributed by atoms with Crippen LogP contribution in [-0.2, 0) is 38.8 Å². The quantitative estimate of drug-likeness (QED) is 0.299. The van der Waals surface area contributed by atoms with Crippen LogP contribution >= 0.6 is 0 Å². The third-order valence-corrected chi connectivity index (χ3v) is 11.6. The summed E-state index contributed by atoms with van der Waals surface area (Å²) in [7, 11) is -3.73. The van der Waals surface area contributed by atoms with Gasteiger partial charge in [0.25, 0.3) is 0 Å². The first-order valence-corrected chi connectivity index (χ1v) is 16.8. The molecular weight excluding hydrogens is 564 g/mol. The Hall–Kier alpha value is -3.24. The molecule has 0 amide bonds. The van der Waals surface area contributed by atoms with Crippen molar-refractivity contribution in [2.24, 2.45) is 0 Å². The van der Waals surface area contributed by atoms with Gasteiger partial charge in [-0.2, -0.15) is 0 Å². The second-order valence-corrected chi connectivity index (χ2v) is 14.4. The Kier molecular flexibility index (Phi) is 6.93. The molecule has 5 atom stereocenters. The number of likely N-dealkylation sites (tertiary alicyclic amines) is 1. The van der Waals surface area contributed by atoms with Crippen LogP contribution in [0.25, 0.3) is 0 Å². The number of nitrogens with zero attached hydrogens (tertiary/aromatic N) is 1. The van der Waals surface area contributed by atoms with E-state index in [1.165, 1.54) is 12.5 Å². The lowest BCUT2D eigenvalue weighted by Gasteiger charge is -2.64. The number of esters is 1. The Morgan fingerprint density at radius 2 is 1.86 bits per heavy atom. The number of carbonyl (C=O) groups excluding carboxylic acids is 1. The van der Waals surface area contributed by atoms with Crippen LogP contribution in [0.5, 0.6) is 11.5 Å². The van der Waals surface area contributed by atoms with E-state index >= 15 is 0 Å². The van der Waals surface area contributed by atoms with Gasteiger partial charge < -0.3 is 14.6 Å². The maximum atomic E-state index is 13.6. The van der Waals surface area contributed by atoms with E-state index in [9.17, 15) is 18.3 Å². The molecule has 2 fully saturated rings. The van der Waals surface area contributed by atoms with Crippen molar-refractivity contribution in [3.63, 3.8) is 0 Å². The maximum Gasteiger partial charge on any atom is 0.308 e. The molecule has 1 spiro atoms. The number of aliphatic hydroxyl groups is 1. The molecule has 4 aliphatic rings. The second kappa shape index (κ2) is 10.4. The number of carbonyl (C=O) groups is 1. The summed E-state index contributed by atoms with van der Waals surface area (Å²) in [5.74, 6) is 0.205. The maximum absolute atomic E-state index is 13.6. The van der Waals surface area contributed by atoms with Gasteiger partial charge in [0.05, 0.1) is 22.8 Å². The summed E-state index contributed by atoms with van der Waals surface area (Å²) in [4.78, 5) is 14.4. The lowest BCUT2D eigenvalue weighted by Crippen LogP contribution is -2.78. The van der Waals surface area contributed by atoms with Gasteiger partial charge in [0.15, 0.2) is 11.5 Å². The summed E-state index contributed by atoms with van der Waals surface area (Å²) in [6, 6.07) is 21.0. The average molecular weight is 603 g/mol. The van der Waals surface area contributed by atoms with Gasteiger partial charge in [0, 0.05) is 25.1 Å². The minimum atomic E-state index is -3.73. The molecule has 0 unspecified atom stereocenters.